The Morgan fingerprint density at radius 2 is 1.09 bits per heavy atom. The lowest BCUT2D eigenvalue weighted by Crippen LogP contribution is -2.09. The Labute approximate surface area is 485 Å². The molecule has 81 heavy (non-hydrogen) atoms. The highest BCUT2D eigenvalue weighted by Crippen LogP contribution is 2.47. The Bertz CT molecular complexity index is 3730. The topological polar surface area (TPSA) is 92.7 Å². The van der Waals surface area contributed by atoms with E-state index in [1.54, 1.807) is 22.7 Å². The number of nitrogens with zero attached hydrogens (tertiary/aromatic N) is 4. The highest BCUT2D eigenvalue weighted by atomic mass is 32.1. The standard InChI is InChI=1S/C71H72N4O4S2/c1-4-7-10-13-41-73-64-18-16-17-62(64)63-45-58(35-40-65(63)73)75-66-46-61(44-54(48-72)71(76)77)80-69(66)70-67(75)47-68(81-70)53-23-33-57(34-24-53)74(55-29-19-49(20-30-55)51-25-36-59(37-26-51)78-42-14-11-8-5-2)56-31-21-50(22-32-56)52-27-38-60(39-28-52)79-43-15-12-9-6-3/h19-40,44-47H,4-18,41-43H2,1-3H3,(H,76,77)/b54-44-. The van der Waals surface area contributed by atoms with Crippen molar-refractivity contribution < 1.29 is 19.4 Å². The Hall–Kier alpha value is -7.84. The number of aryl methyl sites for hydroxylation is 2. The number of ether oxygens (including phenoxy) is 2. The number of aliphatic carboxylic acids is 1. The van der Waals surface area contributed by atoms with Gasteiger partial charge >= 0.3 is 5.97 Å². The zero-order chi connectivity index (χ0) is 55.7. The van der Waals surface area contributed by atoms with Crippen molar-refractivity contribution in [3.63, 3.8) is 0 Å². The maximum atomic E-state index is 12.0. The molecule has 11 rings (SSSR count). The van der Waals surface area contributed by atoms with Gasteiger partial charge in [0.25, 0.3) is 0 Å². The molecule has 8 nitrogen and oxygen atoms in total. The van der Waals surface area contributed by atoms with E-state index in [4.69, 9.17) is 9.47 Å². The average molecular weight is 1110 g/mol. The molecule has 412 valence electrons. The lowest BCUT2D eigenvalue weighted by molar-refractivity contribution is -0.132. The quantitative estimate of drug-likeness (QED) is 0.0330. The summed E-state index contributed by atoms with van der Waals surface area (Å²) in [5.74, 6) is 0.583. The summed E-state index contributed by atoms with van der Waals surface area (Å²) in [6.45, 7) is 9.26. The number of unbranched alkanes of at least 4 members (excludes halogenated alkanes) is 9. The third-order valence-electron chi connectivity index (χ3n) is 15.9. The van der Waals surface area contributed by atoms with Crippen LogP contribution in [0.3, 0.4) is 0 Å². The van der Waals surface area contributed by atoms with Crippen LogP contribution in [0.4, 0.5) is 17.1 Å². The number of nitriles is 1. The molecule has 0 spiro atoms. The third-order valence-corrected chi connectivity index (χ3v) is 18.4. The third kappa shape index (κ3) is 12.1. The minimum absolute atomic E-state index is 0.278. The molecule has 0 amide bonds. The van der Waals surface area contributed by atoms with E-state index < -0.39 is 5.97 Å². The molecule has 0 unspecified atom stereocenters. The molecule has 0 atom stereocenters. The van der Waals surface area contributed by atoms with Gasteiger partial charge in [0.15, 0.2) is 0 Å². The van der Waals surface area contributed by atoms with Gasteiger partial charge in [-0.15, -0.1) is 22.7 Å². The van der Waals surface area contributed by atoms with E-state index in [1.165, 1.54) is 98.9 Å². The van der Waals surface area contributed by atoms with E-state index in [0.29, 0.717) is 0 Å². The molecule has 0 bridgehead atoms. The number of fused-ring (bicyclic) bond motifs is 6. The zero-order valence-corrected chi connectivity index (χ0v) is 48.6. The fraction of sp³-hybridized carbons (Fsp3) is 0.296. The second-order valence-corrected chi connectivity index (χ2v) is 23.7. The summed E-state index contributed by atoms with van der Waals surface area (Å²) in [5.41, 5.74) is 16.0. The number of thiophene rings is 2. The molecular weight excluding hydrogens is 1040 g/mol. The van der Waals surface area contributed by atoms with Gasteiger partial charge in [-0.25, -0.2) is 4.79 Å². The molecule has 1 aliphatic carbocycles. The second-order valence-electron chi connectivity index (χ2n) is 21.5. The predicted octanol–water partition coefficient (Wildman–Crippen LogP) is 20.3. The van der Waals surface area contributed by atoms with Crippen LogP contribution in [0.15, 0.2) is 157 Å². The summed E-state index contributed by atoms with van der Waals surface area (Å²) >= 11 is 3.30. The number of carboxylic acids is 1. The van der Waals surface area contributed by atoms with E-state index in [1.807, 2.05) is 12.1 Å². The Morgan fingerprint density at radius 3 is 1.62 bits per heavy atom. The smallest absolute Gasteiger partial charge is 0.346 e. The summed E-state index contributed by atoms with van der Waals surface area (Å²) < 4.78 is 19.3. The van der Waals surface area contributed by atoms with Gasteiger partial charge in [-0.05, 0) is 169 Å². The number of anilines is 3. The van der Waals surface area contributed by atoms with Crippen molar-refractivity contribution in [2.45, 2.75) is 124 Å². The SMILES string of the molecule is CCCCCCOc1ccc(-c2ccc(N(c3ccc(-c4ccc(OCCCCCC)cc4)cc3)c3ccc(-c4cc5c(s4)c4sc(/C=C(/C#N)C(=O)O)cc4n5-c4ccc5c(c4)c4c(n5CCCCCC)CCC4)cc3)cc2)cc1. The van der Waals surface area contributed by atoms with E-state index >= 15 is 0 Å². The molecule has 4 aromatic heterocycles. The van der Waals surface area contributed by atoms with Gasteiger partial charge in [-0.3, -0.25) is 0 Å². The number of hydrogen-bond acceptors (Lipinski definition) is 7. The summed E-state index contributed by atoms with van der Waals surface area (Å²) in [7, 11) is 0. The number of carboxylic acid groups (broad SMARTS) is 1. The number of aromatic nitrogens is 2. The van der Waals surface area contributed by atoms with Crippen molar-refractivity contribution in [1.82, 2.24) is 9.13 Å². The van der Waals surface area contributed by atoms with Crippen LogP contribution in [-0.4, -0.2) is 33.4 Å². The van der Waals surface area contributed by atoms with E-state index in [0.717, 1.165) is 138 Å². The predicted molar refractivity (Wildman–Crippen MR) is 340 cm³/mol. The van der Waals surface area contributed by atoms with Crippen molar-refractivity contribution in [2.24, 2.45) is 0 Å². The van der Waals surface area contributed by atoms with Crippen LogP contribution in [0, 0.1) is 11.3 Å². The van der Waals surface area contributed by atoms with Gasteiger partial charge in [-0.2, -0.15) is 5.26 Å². The highest BCUT2D eigenvalue weighted by Gasteiger charge is 2.25. The lowest BCUT2D eigenvalue weighted by atomic mass is 10.0. The van der Waals surface area contributed by atoms with Crippen LogP contribution in [0.5, 0.6) is 11.5 Å². The molecule has 0 fully saturated rings. The molecule has 1 aliphatic rings. The summed E-state index contributed by atoms with van der Waals surface area (Å²) in [6, 6.07) is 56.7. The van der Waals surface area contributed by atoms with Crippen LogP contribution in [0.25, 0.3) is 75.8 Å². The van der Waals surface area contributed by atoms with Crippen LogP contribution >= 0.6 is 22.7 Å². The van der Waals surface area contributed by atoms with Crippen LogP contribution in [0.2, 0.25) is 0 Å². The number of hydrogen-bond donors (Lipinski definition) is 1. The molecule has 10 aromatic rings. The van der Waals surface area contributed by atoms with E-state index in [2.05, 4.69) is 180 Å². The first kappa shape index (κ1) is 55.1. The first-order chi connectivity index (χ1) is 39.8. The number of benzene rings is 6. The van der Waals surface area contributed by atoms with Crippen molar-refractivity contribution in [1.29, 1.82) is 5.26 Å². The van der Waals surface area contributed by atoms with Crippen molar-refractivity contribution in [3.8, 4) is 56.0 Å². The first-order valence-electron chi connectivity index (χ1n) is 29.5. The zero-order valence-electron chi connectivity index (χ0n) is 47.0. The Balaban J connectivity index is 0.926. The minimum Gasteiger partial charge on any atom is -0.494 e. The molecule has 0 saturated heterocycles. The minimum atomic E-state index is -1.23. The fourth-order valence-electron chi connectivity index (χ4n) is 11.7. The van der Waals surface area contributed by atoms with E-state index in [-0.39, 0.29) is 5.57 Å². The molecular formula is C71H72N4O4S2. The van der Waals surface area contributed by atoms with Gasteiger partial charge in [-0.1, -0.05) is 139 Å². The average Bonchev–Trinajstić information content (AvgIpc) is 3.41. The van der Waals surface area contributed by atoms with Gasteiger partial charge in [0.2, 0.25) is 0 Å². The Morgan fingerprint density at radius 1 is 0.580 bits per heavy atom. The number of rotatable bonds is 26. The van der Waals surface area contributed by atoms with E-state index in [9.17, 15) is 15.2 Å². The summed E-state index contributed by atoms with van der Waals surface area (Å²) in [4.78, 5) is 16.2. The van der Waals surface area contributed by atoms with Crippen molar-refractivity contribution in [3.05, 3.63) is 173 Å². The largest absolute Gasteiger partial charge is 0.494 e. The number of carbonyl (C=O) groups is 1. The Kier molecular flexibility index (Phi) is 17.5. The molecule has 6 aromatic carbocycles. The highest BCUT2D eigenvalue weighted by molar-refractivity contribution is 7.29. The maximum Gasteiger partial charge on any atom is 0.346 e. The van der Waals surface area contributed by atoms with Crippen molar-refractivity contribution in [2.75, 3.05) is 18.1 Å². The monoisotopic (exact) mass is 1110 g/mol. The second kappa shape index (κ2) is 25.7. The normalized spacial score (nSPS) is 12.4. The molecule has 10 heteroatoms. The van der Waals surface area contributed by atoms with Gasteiger partial charge in [0, 0.05) is 55.6 Å². The van der Waals surface area contributed by atoms with Crippen LogP contribution in [0.1, 0.15) is 120 Å². The molecule has 0 aliphatic heterocycles. The first-order valence-corrected chi connectivity index (χ1v) is 31.1. The molecule has 4 heterocycles. The van der Waals surface area contributed by atoms with Gasteiger partial charge < -0.3 is 28.6 Å². The summed E-state index contributed by atoms with van der Waals surface area (Å²) in [6.07, 6.45) is 19.3. The maximum absolute atomic E-state index is 12.0. The molecule has 0 radical (unpaired) electrons. The summed E-state index contributed by atoms with van der Waals surface area (Å²) in [5, 5.41) is 20.9. The van der Waals surface area contributed by atoms with Crippen LogP contribution in [-0.2, 0) is 24.2 Å². The van der Waals surface area contributed by atoms with Gasteiger partial charge in [0.1, 0.15) is 23.1 Å². The lowest BCUT2D eigenvalue weighted by Gasteiger charge is -2.26. The molecule has 0 saturated carbocycles. The fourth-order valence-corrected chi connectivity index (χ4v) is 14.0. The van der Waals surface area contributed by atoms with Crippen molar-refractivity contribution >= 4 is 83.1 Å². The molecule has 1 N–H and O–H groups in total. The van der Waals surface area contributed by atoms with Gasteiger partial charge in [0.05, 0.1) is 33.6 Å². The van der Waals surface area contributed by atoms with Crippen LogP contribution < -0.4 is 14.4 Å².